The Hall–Kier alpha value is -5.15. The molecule has 0 amide bonds. The lowest BCUT2D eigenvalue weighted by molar-refractivity contribution is 0.201. The van der Waals surface area contributed by atoms with Crippen LogP contribution in [-0.4, -0.2) is 62.4 Å². The molecule has 6 rings (SSSR count). The molecule has 1 fully saturated rings. The fraction of sp³-hybridized carbons (Fsp3) is 0.282. The number of pyridine rings is 2. The van der Waals surface area contributed by atoms with E-state index in [-0.39, 0.29) is 11.9 Å². The highest BCUT2D eigenvalue weighted by molar-refractivity contribution is 5.71. The number of benzene rings is 3. The Morgan fingerprint density at radius 1 is 0.750 bits per heavy atom. The van der Waals surface area contributed by atoms with Crippen LogP contribution in [0.15, 0.2) is 97.5 Å². The van der Waals surface area contributed by atoms with Gasteiger partial charge in [0.05, 0.1) is 34.1 Å². The van der Waals surface area contributed by atoms with Gasteiger partial charge in [0, 0.05) is 67.6 Å². The smallest absolute Gasteiger partial charge is 0.203 e. The van der Waals surface area contributed by atoms with E-state index < -0.39 is 0 Å². The molecule has 0 radical (unpaired) electrons. The molecule has 1 aliphatic rings. The summed E-state index contributed by atoms with van der Waals surface area (Å²) in [4.78, 5) is 14.1. The summed E-state index contributed by atoms with van der Waals surface area (Å²) < 4.78 is 36.1. The Bertz CT molecular complexity index is 1800. The maximum Gasteiger partial charge on any atom is 0.203 e. The van der Waals surface area contributed by atoms with Crippen molar-refractivity contribution in [3.63, 3.8) is 0 Å². The summed E-state index contributed by atoms with van der Waals surface area (Å²) in [5.74, 6) is 2.28. The zero-order valence-electron chi connectivity index (χ0n) is 27.9. The number of methoxy groups -OCH3 is 4. The highest BCUT2D eigenvalue weighted by Crippen LogP contribution is 2.41. The molecule has 0 N–H and O–H groups in total. The molecular formula is C39H41FN4O4. The normalized spacial score (nSPS) is 13.6. The Morgan fingerprint density at radius 2 is 1.50 bits per heavy atom. The molecule has 5 aromatic rings. The van der Waals surface area contributed by atoms with Crippen molar-refractivity contribution in [2.24, 2.45) is 0 Å². The number of halogens is 1. The molecule has 0 atom stereocenters. The van der Waals surface area contributed by atoms with Gasteiger partial charge in [-0.1, -0.05) is 12.1 Å². The predicted molar refractivity (Wildman–Crippen MR) is 186 cm³/mol. The molecule has 3 aromatic carbocycles. The van der Waals surface area contributed by atoms with Crippen molar-refractivity contribution in [1.29, 1.82) is 0 Å². The Labute approximate surface area is 281 Å². The van der Waals surface area contributed by atoms with Gasteiger partial charge in [-0.3, -0.25) is 14.9 Å². The van der Waals surface area contributed by atoms with Gasteiger partial charge in [-0.25, -0.2) is 4.39 Å². The number of piperidine rings is 1. The first-order chi connectivity index (χ1) is 23.5. The first kappa shape index (κ1) is 32.8. The molecule has 0 spiro atoms. The number of hydrogen-bond donors (Lipinski definition) is 0. The maximum atomic E-state index is 14.0. The number of rotatable bonds is 12. The third-order valence-corrected chi connectivity index (χ3v) is 8.90. The van der Waals surface area contributed by atoms with E-state index in [4.69, 9.17) is 18.9 Å². The van der Waals surface area contributed by atoms with Gasteiger partial charge in [0.1, 0.15) is 11.6 Å². The number of anilines is 1. The van der Waals surface area contributed by atoms with Crippen LogP contribution < -0.4 is 23.8 Å². The van der Waals surface area contributed by atoms with Crippen molar-refractivity contribution < 1.29 is 23.3 Å². The molecule has 248 valence electrons. The van der Waals surface area contributed by atoms with Gasteiger partial charge in [-0.15, -0.1) is 0 Å². The average Bonchev–Trinajstić information content (AvgIpc) is 3.14. The number of nitrogens with zero attached hydrogens (tertiary/aromatic N) is 4. The summed E-state index contributed by atoms with van der Waals surface area (Å²) in [6.45, 7) is 3.38. The SMILES string of the molecule is COc1cccc(-c2cc(CN3CCC(N(Cc4cncc(-c5cc(OC)c(OC)c(OC)c5)c4)c4ccc(F)cc4)CC3)ccn2)c1. The molecule has 1 aliphatic heterocycles. The van der Waals surface area contributed by atoms with Crippen molar-refractivity contribution in [3.05, 3.63) is 114 Å². The van der Waals surface area contributed by atoms with Gasteiger partial charge >= 0.3 is 0 Å². The average molecular weight is 649 g/mol. The lowest BCUT2D eigenvalue weighted by atomic mass is 9.99. The quantitative estimate of drug-likeness (QED) is 0.137. The first-order valence-corrected chi connectivity index (χ1v) is 16.1. The summed E-state index contributed by atoms with van der Waals surface area (Å²) in [6.07, 6.45) is 7.57. The summed E-state index contributed by atoms with van der Waals surface area (Å²) in [6, 6.07) is 25.3. The molecule has 8 nitrogen and oxygen atoms in total. The van der Waals surface area contributed by atoms with Crippen molar-refractivity contribution in [2.75, 3.05) is 46.4 Å². The van der Waals surface area contributed by atoms with Crippen LogP contribution in [0.1, 0.15) is 24.0 Å². The second-order valence-corrected chi connectivity index (χ2v) is 11.9. The van der Waals surface area contributed by atoms with E-state index in [9.17, 15) is 4.39 Å². The lowest BCUT2D eigenvalue weighted by Crippen LogP contribution is -2.44. The highest BCUT2D eigenvalue weighted by Gasteiger charge is 2.26. The largest absolute Gasteiger partial charge is 0.497 e. The number of likely N-dealkylation sites (tertiary alicyclic amines) is 1. The van der Waals surface area contributed by atoms with E-state index in [0.717, 1.165) is 71.9 Å². The van der Waals surface area contributed by atoms with Crippen LogP contribution in [0.2, 0.25) is 0 Å². The molecule has 3 heterocycles. The Morgan fingerprint density at radius 3 is 2.19 bits per heavy atom. The van der Waals surface area contributed by atoms with Crippen molar-refractivity contribution >= 4 is 5.69 Å². The van der Waals surface area contributed by atoms with Crippen LogP contribution in [0.4, 0.5) is 10.1 Å². The minimum absolute atomic E-state index is 0.245. The van der Waals surface area contributed by atoms with Crippen LogP contribution in [0, 0.1) is 5.82 Å². The van der Waals surface area contributed by atoms with Crippen molar-refractivity contribution in [2.45, 2.75) is 32.0 Å². The summed E-state index contributed by atoms with van der Waals surface area (Å²) >= 11 is 0. The number of aromatic nitrogens is 2. The molecule has 9 heteroatoms. The Balaban J connectivity index is 1.18. The second-order valence-electron chi connectivity index (χ2n) is 11.9. The van der Waals surface area contributed by atoms with Gasteiger partial charge in [0.15, 0.2) is 11.5 Å². The van der Waals surface area contributed by atoms with Crippen molar-refractivity contribution in [1.82, 2.24) is 14.9 Å². The standard InChI is InChI=1S/C39H41FN4O4/c1-45-35-7-5-6-29(20-35)36-19-27(12-15-42-36)25-43-16-13-34(14-17-43)44(33-10-8-32(40)9-11-33)26-28-18-31(24-41-23-28)30-21-37(46-2)39(48-4)38(22-30)47-3/h5-12,15,18-24,34H,13-14,16-17,25-26H2,1-4H3. The monoisotopic (exact) mass is 648 g/mol. The van der Waals surface area contributed by atoms with Gasteiger partial charge in [0.2, 0.25) is 5.75 Å². The lowest BCUT2D eigenvalue weighted by Gasteiger charge is -2.40. The molecule has 48 heavy (non-hydrogen) atoms. The highest BCUT2D eigenvalue weighted by atomic mass is 19.1. The minimum Gasteiger partial charge on any atom is -0.497 e. The third-order valence-electron chi connectivity index (χ3n) is 8.90. The maximum absolute atomic E-state index is 14.0. The van der Waals surface area contributed by atoms with Crippen LogP contribution in [0.5, 0.6) is 23.0 Å². The predicted octanol–water partition coefficient (Wildman–Crippen LogP) is 7.66. The van der Waals surface area contributed by atoms with E-state index in [1.54, 1.807) is 28.4 Å². The molecule has 0 bridgehead atoms. The van der Waals surface area contributed by atoms with E-state index in [1.165, 1.54) is 17.7 Å². The molecule has 0 unspecified atom stereocenters. The van der Waals surface area contributed by atoms with Crippen LogP contribution in [0.3, 0.4) is 0 Å². The fourth-order valence-electron chi connectivity index (χ4n) is 6.40. The van der Waals surface area contributed by atoms with Gasteiger partial charge < -0.3 is 23.8 Å². The zero-order valence-corrected chi connectivity index (χ0v) is 27.9. The number of hydrogen-bond acceptors (Lipinski definition) is 8. The number of ether oxygens (including phenoxy) is 4. The summed E-state index contributed by atoms with van der Waals surface area (Å²) in [5, 5.41) is 0. The Kier molecular flexibility index (Phi) is 10.4. The van der Waals surface area contributed by atoms with E-state index in [2.05, 4.69) is 44.0 Å². The molecule has 2 aromatic heterocycles. The van der Waals surface area contributed by atoms with Crippen LogP contribution in [0.25, 0.3) is 22.4 Å². The van der Waals surface area contributed by atoms with E-state index >= 15 is 0 Å². The van der Waals surface area contributed by atoms with Crippen molar-refractivity contribution in [3.8, 4) is 45.4 Å². The fourth-order valence-corrected chi connectivity index (χ4v) is 6.40. The van der Waals surface area contributed by atoms with Crippen LogP contribution >= 0.6 is 0 Å². The van der Waals surface area contributed by atoms with Gasteiger partial charge in [-0.05, 0) is 96.3 Å². The summed E-state index contributed by atoms with van der Waals surface area (Å²) in [7, 11) is 6.49. The topological polar surface area (TPSA) is 69.2 Å². The third kappa shape index (κ3) is 7.52. The summed E-state index contributed by atoms with van der Waals surface area (Å²) in [5.41, 5.74) is 7.09. The molecule has 0 aliphatic carbocycles. The second kappa shape index (κ2) is 15.2. The van der Waals surface area contributed by atoms with E-state index in [1.807, 2.05) is 61.1 Å². The molecule has 1 saturated heterocycles. The molecule has 0 saturated carbocycles. The van der Waals surface area contributed by atoms with Crippen LogP contribution in [-0.2, 0) is 13.1 Å². The minimum atomic E-state index is -0.245. The molecular weight excluding hydrogens is 607 g/mol. The van der Waals surface area contributed by atoms with Gasteiger partial charge in [-0.2, -0.15) is 0 Å². The van der Waals surface area contributed by atoms with Gasteiger partial charge in [0.25, 0.3) is 0 Å². The first-order valence-electron chi connectivity index (χ1n) is 16.1. The zero-order chi connectivity index (χ0) is 33.5. The van der Waals surface area contributed by atoms with E-state index in [0.29, 0.717) is 23.8 Å².